The molecular formula is C13H7F9N2O5. The first-order valence-corrected chi connectivity index (χ1v) is 7.00. The Kier molecular flexibility index (Phi) is 4.94. The largest absolute Gasteiger partial charge is 0.495 e. The zero-order chi connectivity index (χ0) is 22.6. The fourth-order valence-electron chi connectivity index (χ4n) is 2.20. The van der Waals surface area contributed by atoms with Gasteiger partial charge in [0.25, 0.3) is 5.69 Å². The summed E-state index contributed by atoms with van der Waals surface area (Å²) in [7, 11) is 0.876. The summed E-state index contributed by atoms with van der Waals surface area (Å²) in [5.74, 6) is -30.1. The predicted molar refractivity (Wildman–Crippen MR) is 73.0 cm³/mol. The first kappa shape index (κ1) is 22.5. The van der Waals surface area contributed by atoms with Crippen LogP contribution in [-0.2, 0) is 9.53 Å². The fraction of sp³-hybridized carbons (Fsp3) is 0.462. The van der Waals surface area contributed by atoms with E-state index in [4.69, 9.17) is 0 Å². The standard InChI is InChI=1S/C13H7F9N2O5/c1-28-7-3-2-5(24(26)27)4-6(7)23-8(25)9(14,15)12(20)10(16,17)11(18,19)13(21,22)29-12/h2-4H,1H3,(H,23,25). The second-order valence-electron chi connectivity index (χ2n) is 5.53. The van der Waals surface area contributed by atoms with Gasteiger partial charge < -0.3 is 10.1 Å². The molecule has 1 aromatic carbocycles. The minimum atomic E-state index is -6.85. The van der Waals surface area contributed by atoms with Gasteiger partial charge in [0.15, 0.2) is 0 Å². The second kappa shape index (κ2) is 6.36. The van der Waals surface area contributed by atoms with Crippen LogP contribution in [0.25, 0.3) is 0 Å². The van der Waals surface area contributed by atoms with Crippen molar-refractivity contribution in [2.45, 2.75) is 29.7 Å². The van der Waals surface area contributed by atoms with Gasteiger partial charge in [0.05, 0.1) is 17.7 Å². The van der Waals surface area contributed by atoms with Crippen molar-refractivity contribution in [2.24, 2.45) is 0 Å². The second-order valence-corrected chi connectivity index (χ2v) is 5.53. The molecule has 162 valence electrons. The number of hydrogen-bond acceptors (Lipinski definition) is 5. The number of amides is 1. The Balaban J connectivity index is 2.48. The van der Waals surface area contributed by atoms with Gasteiger partial charge in [0.1, 0.15) is 5.75 Å². The number of hydrogen-bond donors (Lipinski definition) is 1. The van der Waals surface area contributed by atoms with E-state index in [0.29, 0.717) is 6.07 Å². The molecule has 1 amide bonds. The molecule has 1 unspecified atom stereocenters. The van der Waals surface area contributed by atoms with Crippen LogP contribution in [0.15, 0.2) is 18.2 Å². The molecule has 0 saturated carbocycles. The van der Waals surface area contributed by atoms with Crippen molar-refractivity contribution >= 4 is 17.3 Å². The third-order valence-corrected chi connectivity index (χ3v) is 3.76. The zero-order valence-corrected chi connectivity index (χ0v) is 13.6. The summed E-state index contributed by atoms with van der Waals surface area (Å²) in [6, 6.07) is 1.88. The van der Waals surface area contributed by atoms with E-state index < -0.39 is 57.7 Å². The van der Waals surface area contributed by atoms with Gasteiger partial charge in [-0.1, -0.05) is 0 Å². The molecular weight excluding hydrogens is 435 g/mol. The van der Waals surface area contributed by atoms with Crippen LogP contribution in [0.4, 0.5) is 50.9 Å². The molecule has 1 saturated heterocycles. The lowest BCUT2D eigenvalue weighted by molar-refractivity contribution is -0.384. The number of nitro benzene ring substituents is 1. The molecule has 1 aromatic rings. The van der Waals surface area contributed by atoms with Gasteiger partial charge in [-0.2, -0.15) is 39.5 Å². The van der Waals surface area contributed by atoms with Crippen molar-refractivity contribution in [3.8, 4) is 5.75 Å². The minimum Gasteiger partial charge on any atom is -0.495 e. The number of carbonyl (C=O) groups is 1. The maximum Gasteiger partial charge on any atom is 0.428 e. The highest BCUT2D eigenvalue weighted by molar-refractivity contribution is 5.98. The number of carbonyl (C=O) groups excluding carboxylic acids is 1. The Morgan fingerprint density at radius 3 is 2.10 bits per heavy atom. The number of methoxy groups -OCH3 is 1. The monoisotopic (exact) mass is 442 g/mol. The summed E-state index contributed by atoms with van der Waals surface area (Å²) >= 11 is 0. The average molecular weight is 442 g/mol. The van der Waals surface area contributed by atoms with Crippen LogP contribution < -0.4 is 10.1 Å². The normalized spacial score (nSPS) is 24.8. The van der Waals surface area contributed by atoms with Crippen LogP contribution in [0.5, 0.6) is 5.75 Å². The summed E-state index contributed by atoms with van der Waals surface area (Å²) in [4.78, 5) is 21.3. The molecule has 1 fully saturated rings. The summed E-state index contributed by atoms with van der Waals surface area (Å²) in [5.41, 5.74) is -1.85. The van der Waals surface area contributed by atoms with E-state index in [1.54, 1.807) is 0 Å². The third-order valence-electron chi connectivity index (χ3n) is 3.76. The minimum absolute atomic E-state index is 0.370. The Morgan fingerprint density at radius 1 is 1.14 bits per heavy atom. The fourth-order valence-corrected chi connectivity index (χ4v) is 2.20. The Morgan fingerprint density at radius 2 is 1.69 bits per heavy atom. The number of anilines is 1. The third kappa shape index (κ3) is 2.92. The number of alkyl halides is 9. The number of rotatable bonds is 5. The van der Waals surface area contributed by atoms with Crippen molar-refractivity contribution in [3.05, 3.63) is 28.3 Å². The van der Waals surface area contributed by atoms with E-state index in [1.807, 2.05) is 0 Å². The number of nitro groups is 1. The van der Waals surface area contributed by atoms with E-state index in [2.05, 4.69) is 9.47 Å². The van der Waals surface area contributed by atoms with E-state index >= 15 is 0 Å². The van der Waals surface area contributed by atoms with Gasteiger partial charge in [0, 0.05) is 12.1 Å². The number of nitrogens with one attached hydrogen (secondary N) is 1. The molecule has 1 aliphatic rings. The highest BCUT2D eigenvalue weighted by atomic mass is 19.4. The van der Waals surface area contributed by atoms with Crippen molar-refractivity contribution in [2.75, 3.05) is 12.4 Å². The maximum atomic E-state index is 14.1. The predicted octanol–water partition coefficient (Wildman–Crippen LogP) is 3.74. The maximum absolute atomic E-state index is 14.1. The molecule has 0 radical (unpaired) electrons. The van der Waals surface area contributed by atoms with Crippen LogP contribution in [0.3, 0.4) is 0 Å². The quantitative estimate of drug-likeness (QED) is 0.427. The van der Waals surface area contributed by atoms with Crippen LogP contribution in [0.1, 0.15) is 0 Å². The van der Waals surface area contributed by atoms with Gasteiger partial charge in [-0.15, -0.1) is 0 Å². The Labute approximate surface area is 153 Å². The molecule has 7 nitrogen and oxygen atoms in total. The van der Waals surface area contributed by atoms with Crippen molar-refractivity contribution in [1.82, 2.24) is 0 Å². The van der Waals surface area contributed by atoms with Gasteiger partial charge in [-0.25, -0.2) is 0 Å². The lowest BCUT2D eigenvalue weighted by Crippen LogP contribution is -2.63. The van der Waals surface area contributed by atoms with E-state index in [-0.39, 0.29) is 0 Å². The van der Waals surface area contributed by atoms with Crippen LogP contribution >= 0.6 is 0 Å². The van der Waals surface area contributed by atoms with Crippen molar-refractivity contribution < 1.29 is 58.7 Å². The molecule has 16 heteroatoms. The molecule has 1 aliphatic heterocycles. The molecule has 0 aromatic heterocycles. The van der Waals surface area contributed by atoms with E-state index in [1.165, 1.54) is 0 Å². The molecule has 29 heavy (non-hydrogen) atoms. The Bertz CT molecular complexity index is 863. The lowest BCUT2D eigenvalue weighted by atomic mass is 9.99. The highest BCUT2D eigenvalue weighted by Gasteiger charge is 2.96. The summed E-state index contributed by atoms with van der Waals surface area (Å²) in [6.45, 7) is 0. The van der Waals surface area contributed by atoms with Crippen LogP contribution in [0.2, 0.25) is 0 Å². The number of benzene rings is 1. The molecule has 1 atom stereocenters. The first-order chi connectivity index (χ1) is 13.0. The van der Waals surface area contributed by atoms with E-state index in [9.17, 15) is 54.4 Å². The van der Waals surface area contributed by atoms with Gasteiger partial charge >= 0.3 is 35.6 Å². The van der Waals surface area contributed by atoms with Gasteiger partial charge in [-0.3, -0.25) is 19.6 Å². The molecule has 1 N–H and O–H groups in total. The zero-order valence-electron chi connectivity index (χ0n) is 13.6. The Hall–Kier alpha value is -2.78. The first-order valence-electron chi connectivity index (χ1n) is 7.00. The highest BCUT2D eigenvalue weighted by Crippen LogP contribution is 2.64. The average Bonchev–Trinajstić information content (AvgIpc) is 2.69. The van der Waals surface area contributed by atoms with Gasteiger partial charge in [0.2, 0.25) is 0 Å². The number of ether oxygens (including phenoxy) is 2. The SMILES string of the molecule is COc1ccc([N+](=O)[O-])cc1NC(=O)C(F)(F)C1(F)OC(F)(F)C(F)(F)C1(F)F. The molecule has 0 spiro atoms. The molecule has 0 aliphatic carbocycles. The molecule has 1 heterocycles. The smallest absolute Gasteiger partial charge is 0.428 e. The van der Waals surface area contributed by atoms with Crippen LogP contribution in [0, 0.1) is 10.1 Å². The number of nitrogens with zero attached hydrogens (tertiary/aromatic N) is 1. The molecule has 2 rings (SSSR count). The summed E-state index contributed by atoms with van der Waals surface area (Å²) < 4.78 is 128. The van der Waals surface area contributed by atoms with Gasteiger partial charge in [-0.05, 0) is 6.07 Å². The summed E-state index contributed by atoms with van der Waals surface area (Å²) in [6.07, 6.45) is -6.39. The lowest BCUT2D eigenvalue weighted by Gasteiger charge is -2.31. The van der Waals surface area contributed by atoms with Crippen molar-refractivity contribution in [3.63, 3.8) is 0 Å². The van der Waals surface area contributed by atoms with Crippen molar-refractivity contribution in [1.29, 1.82) is 0 Å². The number of non-ortho nitro benzene ring substituents is 1. The van der Waals surface area contributed by atoms with E-state index in [0.717, 1.165) is 24.6 Å². The van der Waals surface area contributed by atoms with Crippen LogP contribution in [-0.4, -0.2) is 47.7 Å². The summed E-state index contributed by atoms with van der Waals surface area (Å²) in [5, 5.41) is 11.7. The topological polar surface area (TPSA) is 90.7 Å². The molecule has 0 bridgehead atoms. The number of halogens is 9.